The Balaban J connectivity index is 1.72. The zero-order chi connectivity index (χ0) is 13.4. The summed E-state index contributed by atoms with van der Waals surface area (Å²) in [6.45, 7) is 4.69. The van der Waals surface area contributed by atoms with Gasteiger partial charge in [0.25, 0.3) is 0 Å². The number of imidazole rings is 1. The lowest BCUT2D eigenvalue weighted by Gasteiger charge is -2.15. The van der Waals surface area contributed by atoms with E-state index in [1.807, 2.05) is 35.9 Å². The van der Waals surface area contributed by atoms with E-state index >= 15 is 0 Å². The van der Waals surface area contributed by atoms with E-state index in [1.54, 1.807) is 0 Å². The van der Waals surface area contributed by atoms with Gasteiger partial charge in [-0.2, -0.15) is 0 Å². The fraction of sp³-hybridized carbons (Fsp3) is 0.500. The first kappa shape index (κ1) is 12.9. The maximum Gasteiger partial charge on any atom is 0.137 e. The Hall–Kier alpha value is -1.10. The number of rotatable bonds is 3. The van der Waals surface area contributed by atoms with Gasteiger partial charge in [-0.1, -0.05) is 11.6 Å². The molecule has 1 aliphatic rings. The van der Waals surface area contributed by atoms with Gasteiger partial charge in [-0.25, -0.2) is 4.98 Å². The van der Waals surface area contributed by atoms with Crippen molar-refractivity contribution in [2.75, 3.05) is 13.1 Å². The highest BCUT2D eigenvalue weighted by Gasteiger charge is 2.26. The number of likely N-dealkylation sites (tertiary alicyclic amines) is 1. The molecule has 4 nitrogen and oxygen atoms in total. The van der Waals surface area contributed by atoms with Crippen LogP contribution in [0.1, 0.15) is 19.0 Å². The molecule has 3 heterocycles. The second-order valence-corrected chi connectivity index (χ2v) is 5.81. The molecule has 1 saturated heterocycles. The van der Waals surface area contributed by atoms with Crippen LogP contribution in [0.2, 0.25) is 5.02 Å². The summed E-state index contributed by atoms with van der Waals surface area (Å²) in [7, 11) is 0. The molecule has 0 aliphatic carbocycles. The second kappa shape index (κ2) is 5.12. The molecule has 0 saturated carbocycles. The van der Waals surface area contributed by atoms with Crippen LogP contribution in [0.3, 0.4) is 0 Å². The monoisotopic (exact) mass is 279 g/mol. The van der Waals surface area contributed by atoms with E-state index in [1.165, 1.54) is 0 Å². The van der Waals surface area contributed by atoms with Gasteiger partial charge in [0.15, 0.2) is 0 Å². The summed E-state index contributed by atoms with van der Waals surface area (Å²) in [4.78, 5) is 6.94. The molecule has 2 unspecified atom stereocenters. The highest BCUT2D eigenvalue weighted by Crippen LogP contribution is 2.21. The number of nitrogens with zero attached hydrogens (tertiary/aromatic N) is 3. The third kappa shape index (κ3) is 2.76. The maximum atomic E-state index is 9.62. The Labute approximate surface area is 117 Å². The molecule has 2 atom stereocenters. The highest BCUT2D eigenvalue weighted by atomic mass is 35.5. The van der Waals surface area contributed by atoms with Crippen LogP contribution < -0.4 is 0 Å². The summed E-state index contributed by atoms with van der Waals surface area (Å²) in [5.74, 6) is 0.395. The van der Waals surface area contributed by atoms with Gasteiger partial charge in [-0.3, -0.25) is 4.90 Å². The smallest absolute Gasteiger partial charge is 0.137 e. The van der Waals surface area contributed by atoms with Crippen molar-refractivity contribution in [1.29, 1.82) is 0 Å². The lowest BCUT2D eigenvalue weighted by Crippen LogP contribution is -2.24. The van der Waals surface area contributed by atoms with Gasteiger partial charge in [-0.15, -0.1) is 0 Å². The van der Waals surface area contributed by atoms with Crippen LogP contribution in [-0.4, -0.2) is 38.6 Å². The number of halogens is 1. The first-order chi connectivity index (χ1) is 9.11. The summed E-state index contributed by atoms with van der Waals surface area (Å²) < 4.78 is 1.96. The van der Waals surface area contributed by atoms with Gasteiger partial charge >= 0.3 is 0 Å². The molecule has 2 aromatic heterocycles. The molecule has 3 rings (SSSR count). The van der Waals surface area contributed by atoms with Crippen molar-refractivity contribution in [3.63, 3.8) is 0 Å². The van der Waals surface area contributed by atoms with Crippen molar-refractivity contribution in [2.45, 2.75) is 26.0 Å². The average Bonchev–Trinajstić information content (AvgIpc) is 2.95. The largest absolute Gasteiger partial charge is 0.393 e. The normalized spacial score (nSPS) is 22.2. The van der Waals surface area contributed by atoms with Crippen LogP contribution >= 0.6 is 11.6 Å². The molecular weight excluding hydrogens is 262 g/mol. The Morgan fingerprint density at radius 2 is 2.32 bits per heavy atom. The molecule has 0 spiro atoms. The zero-order valence-corrected chi connectivity index (χ0v) is 11.7. The van der Waals surface area contributed by atoms with Crippen molar-refractivity contribution in [1.82, 2.24) is 14.3 Å². The molecule has 1 aliphatic heterocycles. The molecule has 0 aromatic carbocycles. The predicted octanol–water partition coefficient (Wildman–Crippen LogP) is 2.19. The van der Waals surface area contributed by atoms with E-state index < -0.39 is 0 Å². The van der Waals surface area contributed by atoms with Crippen LogP contribution in [0.15, 0.2) is 24.5 Å². The Bertz CT molecular complexity index is 581. The first-order valence-electron chi connectivity index (χ1n) is 6.65. The fourth-order valence-electron chi connectivity index (χ4n) is 2.72. The van der Waals surface area contributed by atoms with Crippen molar-refractivity contribution in [2.24, 2.45) is 5.92 Å². The molecule has 2 aromatic rings. The zero-order valence-electron chi connectivity index (χ0n) is 11.0. The third-order valence-corrected chi connectivity index (χ3v) is 4.07. The van der Waals surface area contributed by atoms with Crippen LogP contribution in [-0.2, 0) is 6.54 Å². The SMILES string of the molecule is CC(O)C1CCN(Cc2cn3cc(Cl)ccc3n2)C1. The van der Waals surface area contributed by atoms with Crippen molar-refractivity contribution in [3.05, 3.63) is 35.2 Å². The Morgan fingerprint density at radius 3 is 3.05 bits per heavy atom. The van der Waals surface area contributed by atoms with Gasteiger partial charge in [0.05, 0.1) is 16.8 Å². The minimum Gasteiger partial charge on any atom is -0.393 e. The molecular formula is C14H18ClN3O. The fourth-order valence-corrected chi connectivity index (χ4v) is 2.89. The molecule has 1 fully saturated rings. The maximum absolute atomic E-state index is 9.62. The highest BCUT2D eigenvalue weighted by molar-refractivity contribution is 6.30. The first-order valence-corrected chi connectivity index (χ1v) is 7.03. The van der Waals surface area contributed by atoms with Crippen LogP contribution in [0.5, 0.6) is 0 Å². The van der Waals surface area contributed by atoms with Crippen molar-refractivity contribution in [3.8, 4) is 0 Å². The Morgan fingerprint density at radius 1 is 1.47 bits per heavy atom. The summed E-state index contributed by atoms with van der Waals surface area (Å²) >= 11 is 5.97. The summed E-state index contributed by atoms with van der Waals surface area (Å²) in [6, 6.07) is 3.78. The minimum atomic E-state index is -0.218. The van der Waals surface area contributed by atoms with E-state index in [0.29, 0.717) is 10.9 Å². The molecule has 102 valence electrons. The van der Waals surface area contributed by atoms with Crippen LogP contribution in [0, 0.1) is 5.92 Å². The number of pyridine rings is 1. The van der Waals surface area contributed by atoms with Gasteiger partial charge in [0, 0.05) is 25.5 Å². The number of hydrogen-bond acceptors (Lipinski definition) is 3. The molecule has 0 amide bonds. The minimum absolute atomic E-state index is 0.218. The lowest BCUT2D eigenvalue weighted by molar-refractivity contribution is 0.127. The average molecular weight is 280 g/mol. The summed E-state index contributed by atoms with van der Waals surface area (Å²) in [5.41, 5.74) is 1.97. The third-order valence-electron chi connectivity index (χ3n) is 3.84. The van der Waals surface area contributed by atoms with E-state index in [4.69, 9.17) is 11.6 Å². The molecule has 5 heteroatoms. The summed E-state index contributed by atoms with van der Waals surface area (Å²) in [6.07, 6.45) is 4.74. The number of fused-ring (bicyclic) bond motifs is 1. The van der Waals surface area contributed by atoms with Gasteiger partial charge < -0.3 is 9.51 Å². The lowest BCUT2D eigenvalue weighted by atomic mass is 10.0. The summed E-state index contributed by atoms with van der Waals surface area (Å²) in [5, 5.41) is 10.3. The van der Waals surface area contributed by atoms with Crippen LogP contribution in [0.25, 0.3) is 5.65 Å². The second-order valence-electron chi connectivity index (χ2n) is 5.37. The molecule has 19 heavy (non-hydrogen) atoms. The molecule has 0 radical (unpaired) electrons. The Kier molecular flexibility index (Phi) is 3.48. The standard InChI is InChI=1S/C14H18ClN3O/c1-10(19)11-4-5-17(6-11)8-13-9-18-7-12(15)2-3-14(18)16-13/h2-3,7,9-11,19H,4-6,8H2,1H3. The number of aromatic nitrogens is 2. The van der Waals surface area contributed by atoms with Crippen molar-refractivity contribution < 1.29 is 5.11 Å². The van der Waals surface area contributed by atoms with E-state index in [9.17, 15) is 5.11 Å². The molecule has 0 bridgehead atoms. The number of hydrogen-bond donors (Lipinski definition) is 1. The number of aliphatic hydroxyl groups excluding tert-OH is 1. The van der Waals surface area contributed by atoms with E-state index in [2.05, 4.69) is 9.88 Å². The number of aliphatic hydroxyl groups is 1. The molecule has 1 N–H and O–H groups in total. The predicted molar refractivity (Wildman–Crippen MR) is 75.3 cm³/mol. The van der Waals surface area contributed by atoms with E-state index in [-0.39, 0.29) is 6.10 Å². The van der Waals surface area contributed by atoms with Gasteiger partial charge in [0.1, 0.15) is 5.65 Å². The van der Waals surface area contributed by atoms with Gasteiger partial charge in [-0.05, 0) is 37.9 Å². The quantitative estimate of drug-likeness (QED) is 0.936. The van der Waals surface area contributed by atoms with E-state index in [0.717, 1.165) is 37.4 Å². The topological polar surface area (TPSA) is 40.8 Å². The van der Waals surface area contributed by atoms with Gasteiger partial charge in [0.2, 0.25) is 0 Å². The van der Waals surface area contributed by atoms with Crippen molar-refractivity contribution >= 4 is 17.2 Å². The van der Waals surface area contributed by atoms with Crippen LogP contribution in [0.4, 0.5) is 0 Å².